The fourth-order valence-electron chi connectivity index (χ4n) is 1.73. The van der Waals surface area contributed by atoms with Crippen molar-refractivity contribution in [3.63, 3.8) is 0 Å². The zero-order valence-electron chi connectivity index (χ0n) is 9.02. The molecule has 1 aromatic rings. The lowest BCUT2D eigenvalue weighted by Gasteiger charge is -2.33. The molecule has 2 rings (SSSR count). The monoisotopic (exact) mass is 300 g/mol. The summed E-state index contributed by atoms with van der Waals surface area (Å²) in [5.74, 6) is 2.12. The zero-order chi connectivity index (χ0) is 11.5. The molecule has 5 heteroatoms. The molecule has 0 bridgehead atoms. The molecule has 1 amide bonds. The third kappa shape index (κ3) is 2.40. The minimum atomic E-state index is 0.0766. The molecule has 1 atom stereocenters. The molecule has 1 aromatic heterocycles. The highest BCUT2D eigenvalue weighted by Gasteiger charge is 2.25. The Labute approximate surface area is 108 Å². The lowest BCUT2D eigenvalue weighted by Crippen LogP contribution is -2.44. The van der Waals surface area contributed by atoms with Crippen LogP contribution in [-0.4, -0.2) is 39.9 Å². The van der Waals surface area contributed by atoms with Crippen molar-refractivity contribution in [3.8, 4) is 0 Å². The van der Waals surface area contributed by atoms with Gasteiger partial charge in [0.1, 0.15) is 4.60 Å². The molecule has 16 heavy (non-hydrogen) atoms. The van der Waals surface area contributed by atoms with E-state index in [-0.39, 0.29) is 5.91 Å². The van der Waals surface area contributed by atoms with Crippen LogP contribution in [0.25, 0.3) is 0 Å². The number of nitrogens with zero attached hydrogens (tertiary/aromatic N) is 2. The summed E-state index contributed by atoms with van der Waals surface area (Å²) in [7, 11) is 0. The molecule has 0 N–H and O–H groups in total. The zero-order valence-corrected chi connectivity index (χ0v) is 11.4. The van der Waals surface area contributed by atoms with Crippen molar-refractivity contribution < 1.29 is 4.79 Å². The number of rotatable bonds is 1. The van der Waals surface area contributed by atoms with Crippen LogP contribution in [0.15, 0.2) is 22.9 Å². The van der Waals surface area contributed by atoms with Gasteiger partial charge in [0.05, 0.1) is 5.56 Å². The molecule has 0 spiro atoms. The standard InChI is InChI=1S/C11H13BrN2OS/c1-8-7-16-6-5-14(8)11(15)9-3-2-4-13-10(9)12/h2-4,8H,5-7H2,1H3. The normalized spacial score (nSPS) is 20.9. The van der Waals surface area contributed by atoms with Gasteiger partial charge in [-0.15, -0.1) is 0 Å². The van der Waals surface area contributed by atoms with Crippen molar-refractivity contribution in [1.82, 2.24) is 9.88 Å². The van der Waals surface area contributed by atoms with Crippen LogP contribution >= 0.6 is 27.7 Å². The summed E-state index contributed by atoms with van der Waals surface area (Å²) in [6.45, 7) is 2.92. The number of hydrogen-bond acceptors (Lipinski definition) is 3. The summed E-state index contributed by atoms with van der Waals surface area (Å²) in [4.78, 5) is 18.3. The second kappa shape index (κ2) is 5.19. The van der Waals surface area contributed by atoms with Crippen LogP contribution in [0.1, 0.15) is 17.3 Å². The molecule has 0 aliphatic carbocycles. The van der Waals surface area contributed by atoms with Gasteiger partial charge in [0.25, 0.3) is 5.91 Å². The minimum absolute atomic E-state index is 0.0766. The Hall–Kier alpha value is -0.550. The summed E-state index contributed by atoms with van der Waals surface area (Å²) in [6, 6.07) is 3.91. The molecule has 3 nitrogen and oxygen atoms in total. The molecular weight excluding hydrogens is 288 g/mol. The average Bonchev–Trinajstić information content (AvgIpc) is 2.29. The molecule has 1 unspecified atom stereocenters. The van der Waals surface area contributed by atoms with E-state index in [2.05, 4.69) is 27.8 Å². The van der Waals surface area contributed by atoms with E-state index >= 15 is 0 Å². The van der Waals surface area contributed by atoms with Crippen molar-refractivity contribution in [3.05, 3.63) is 28.5 Å². The lowest BCUT2D eigenvalue weighted by molar-refractivity contribution is 0.0714. The van der Waals surface area contributed by atoms with E-state index in [0.29, 0.717) is 16.2 Å². The summed E-state index contributed by atoms with van der Waals surface area (Å²) in [5.41, 5.74) is 0.654. The van der Waals surface area contributed by atoms with Gasteiger partial charge in [-0.3, -0.25) is 4.79 Å². The minimum Gasteiger partial charge on any atom is -0.334 e. The number of carbonyl (C=O) groups is 1. The van der Waals surface area contributed by atoms with Gasteiger partial charge < -0.3 is 4.90 Å². The third-order valence-corrected chi connectivity index (χ3v) is 4.44. The second-order valence-corrected chi connectivity index (χ2v) is 5.67. The lowest BCUT2D eigenvalue weighted by atomic mass is 10.2. The van der Waals surface area contributed by atoms with E-state index < -0.39 is 0 Å². The van der Waals surface area contributed by atoms with Gasteiger partial charge in [0.15, 0.2) is 0 Å². The molecule has 0 saturated carbocycles. The Morgan fingerprint density at radius 2 is 2.50 bits per heavy atom. The Bertz CT molecular complexity index is 399. The quantitative estimate of drug-likeness (QED) is 0.747. The smallest absolute Gasteiger partial charge is 0.256 e. The van der Waals surface area contributed by atoms with Crippen LogP contribution in [0.3, 0.4) is 0 Å². The molecule has 1 aliphatic rings. The van der Waals surface area contributed by atoms with E-state index in [4.69, 9.17) is 0 Å². The fourth-order valence-corrected chi connectivity index (χ4v) is 3.16. The van der Waals surface area contributed by atoms with E-state index in [0.717, 1.165) is 18.1 Å². The Morgan fingerprint density at radius 3 is 3.19 bits per heavy atom. The molecule has 0 radical (unpaired) electrons. The number of amides is 1. The predicted molar refractivity (Wildman–Crippen MR) is 69.8 cm³/mol. The topological polar surface area (TPSA) is 33.2 Å². The van der Waals surface area contributed by atoms with E-state index in [1.165, 1.54) is 0 Å². The maximum atomic E-state index is 12.3. The maximum Gasteiger partial charge on any atom is 0.256 e. The average molecular weight is 301 g/mol. The molecule has 2 heterocycles. The number of aromatic nitrogens is 1. The van der Waals surface area contributed by atoms with Crippen molar-refractivity contribution in [2.45, 2.75) is 13.0 Å². The number of hydrogen-bond donors (Lipinski definition) is 0. The van der Waals surface area contributed by atoms with E-state index in [1.807, 2.05) is 22.7 Å². The molecule has 0 aromatic carbocycles. The van der Waals surface area contributed by atoms with Crippen molar-refractivity contribution in [1.29, 1.82) is 0 Å². The number of halogens is 1. The number of pyridine rings is 1. The molecule has 86 valence electrons. The van der Waals surface area contributed by atoms with E-state index in [1.54, 1.807) is 12.3 Å². The molecular formula is C11H13BrN2OS. The first-order chi connectivity index (χ1) is 7.70. The molecule has 1 saturated heterocycles. The first-order valence-electron chi connectivity index (χ1n) is 5.19. The highest BCUT2D eigenvalue weighted by molar-refractivity contribution is 9.10. The number of carbonyl (C=O) groups excluding carboxylic acids is 1. The van der Waals surface area contributed by atoms with Crippen molar-refractivity contribution in [2.24, 2.45) is 0 Å². The van der Waals surface area contributed by atoms with Gasteiger partial charge in [-0.25, -0.2) is 4.98 Å². The van der Waals surface area contributed by atoms with Crippen LogP contribution in [0.5, 0.6) is 0 Å². The summed E-state index contributed by atoms with van der Waals surface area (Å²) in [6.07, 6.45) is 1.68. The van der Waals surface area contributed by atoms with Gasteiger partial charge in [-0.2, -0.15) is 11.8 Å². The van der Waals surface area contributed by atoms with Gasteiger partial charge in [-0.05, 0) is 35.0 Å². The van der Waals surface area contributed by atoms with Gasteiger partial charge in [-0.1, -0.05) is 0 Å². The molecule has 1 aliphatic heterocycles. The molecule has 1 fully saturated rings. The first kappa shape index (κ1) is 11.9. The fraction of sp³-hybridized carbons (Fsp3) is 0.455. The van der Waals surface area contributed by atoms with Gasteiger partial charge in [0, 0.05) is 30.3 Å². The summed E-state index contributed by atoms with van der Waals surface area (Å²) >= 11 is 5.22. The van der Waals surface area contributed by atoms with Crippen LogP contribution in [0, 0.1) is 0 Å². The predicted octanol–water partition coefficient (Wildman–Crippen LogP) is 2.42. The van der Waals surface area contributed by atoms with Crippen LogP contribution in [0.2, 0.25) is 0 Å². The van der Waals surface area contributed by atoms with Gasteiger partial charge >= 0.3 is 0 Å². The SMILES string of the molecule is CC1CSCCN1C(=O)c1cccnc1Br. The van der Waals surface area contributed by atoms with Crippen molar-refractivity contribution in [2.75, 3.05) is 18.1 Å². The highest BCUT2D eigenvalue weighted by Crippen LogP contribution is 2.21. The van der Waals surface area contributed by atoms with E-state index in [9.17, 15) is 4.79 Å². The van der Waals surface area contributed by atoms with Crippen LogP contribution in [-0.2, 0) is 0 Å². The van der Waals surface area contributed by atoms with Crippen molar-refractivity contribution >= 4 is 33.6 Å². The summed E-state index contributed by atoms with van der Waals surface area (Å²) < 4.78 is 0.630. The Kier molecular flexibility index (Phi) is 3.86. The van der Waals surface area contributed by atoms with Gasteiger partial charge in [0.2, 0.25) is 0 Å². The summed E-state index contributed by atoms with van der Waals surface area (Å²) in [5, 5.41) is 0. The largest absolute Gasteiger partial charge is 0.334 e. The first-order valence-corrected chi connectivity index (χ1v) is 7.14. The Morgan fingerprint density at radius 1 is 1.69 bits per heavy atom. The van der Waals surface area contributed by atoms with Crippen LogP contribution in [0.4, 0.5) is 0 Å². The van der Waals surface area contributed by atoms with Crippen LogP contribution < -0.4 is 0 Å². The Balaban J connectivity index is 2.21. The highest BCUT2D eigenvalue weighted by atomic mass is 79.9. The third-order valence-electron chi connectivity index (χ3n) is 2.62. The maximum absolute atomic E-state index is 12.3. The second-order valence-electron chi connectivity index (χ2n) is 3.76. The number of thioether (sulfide) groups is 1.